The van der Waals surface area contributed by atoms with Gasteiger partial charge in [-0.05, 0) is 60.9 Å². The lowest BCUT2D eigenvalue weighted by Gasteiger charge is -2.31. The summed E-state index contributed by atoms with van der Waals surface area (Å²) in [6.45, 7) is 3.46. The van der Waals surface area contributed by atoms with Gasteiger partial charge in [0, 0.05) is 25.4 Å². The van der Waals surface area contributed by atoms with E-state index >= 15 is 0 Å². The minimum Gasteiger partial charge on any atom is -0.490 e. The number of benzene rings is 1. The number of hydrogen-bond acceptors (Lipinski definition) is 5. The van der Waals surface area contributed by atoms with E-state index in [0.29, 0.717) is 30.8 Å². The van der Waals surface area contributed by atoms with Gasteiger partial charge in [-0.2, -0.15) is 4.99 Å². The van der Waals surface area contributed by atoms with Crippen LogP contribution in [0.4, 0.5) is 0 Å². The molecule has 0 aliphatic carbocycles. The number of rotatable bonds is 2. The molecule has 0 saturated carbocycles. The van der Waals surface area contributed by atoms with Gasteiger partial charge in [0.05, 0.1) is 4.91 Å². The lowest BCUT2D eigenvalue weighted by molar-refractivity contribution is -0.123. The molecule has 1 fully saturated rings. The molecule has 2 N–H and O–H groups in total. The highest BCUT2D eigenvalue weighted by Crippen LogP contribution is 2.34. The van der Waals surface area contributed by atoms with Crippen LogP contribution in [0.15, 0.2) is 28.1 Å². The van der Waals surface area contributed by atoms with Crippen molar-refractivity contribution in [3.05, 3.63) is 34.2 Å². The predicted octanol–water partition coefficient (Wildman–Crippen LogP) is 2.18. The van der Waals surface area contributed by atoms with Crippen LogP contribution in [0.5, 0.6) is 5.75 Å². The first-order valence-corrected chi connectivity index (χ1v) is 9.67. The first-order chi connectivity index (χ1) is 12.5. The molecule has 2 amide bonds. The van der Waals surface area contributed by atoms with Crippen molar-refractivity contribution in [3.63, 3.8) is 0 Å². The smallest absolute Gasteiger partial charge is 0.286 e. The predicted molar refractivity (Wildman–Crippen MR) is 102 cm³/mol. The number of ether oxygens (including phenoxy) is 1. The van der Waals surface area contributed by atoms with Crippen molar-refractivity contribution in [1.29, 1.82) is 0 Å². The molecule has 3 aliphatic heterocycles. The minimum atomic E-state index is -0.239. The summed E-state index contributed by atoms with van der Waals surface area (Å²) in [5.41, 5.74) is 7.54. The number of carbonyl (C=O) groups excluding carboxylic acids is 2. The quantitative estimate of drug-likeness (QED) is 0.806. The topological polar surface area (TPSA) is 85.0 Å². The lowest BCUT2D eigenvalue weighted by Crippen LogP contribution is -2.40. The van der Waals surface area contributed by atoms with E-state index in [0.717, 1.165) is 22.9 Å². The third kappa shape index (κ3) is 3.35. The SMILES string of the molecule is C[C@H]1Cc2cc(/C=C3\SC(N4CCC(C(N)=O)CC4)=NC3=O)ccc2O1. The van der Waals surface area contributed by atoms with Crippen LogP contribution in [0.3, 0.4) is 0 Å². The second-order valence-electron chi connectivity index (χ2n) is 6.97. The van der Waals surface area contributed by atoms with Gasteiger partial charge in [0.1, 0.15) is 11.9 Å². The molecule has 0 unspecified atom stereocenters. The first kappa shape index (κ1) is 17.1. The van der Waals surface area contributed by atoms with E-state index < -0.39 is 0 Å². The summed E-state index contributed by atoms with van der Waals surface area (Å²) in [4.78, 5) is 30.5. The highest BCUT2D eigenvalue weighted by Gasteiger charge is 2.30. The molecule has 1 aromatic carbocycles. The van der Waals surface area contributed by atoms with Gasteiger partial charge >= 0.3 is 0 Å². The molecule has 1 aromatic rings. The van der Waals surface area contributed by atoms with E-state index in [1.54, 1.807) is 0 Å². The van der Waals surface area contributed by atoms with Gasteiger partial charge in [-0.25, -0.2) is 0 Å². The molecule has 3 heterocycles. The van der Waals surface area contributed by atoms with Crippen LogP contribution in [-0.2, 0) is 16.0 Å². The van der Waals surface area contributed by atoms with Crippen molar-refractivity contribution in [2.75, 3.05) is 13.1 Å². The highest BCUT2D eigenvalue weighted by atomic mass is 32.2. The number of thioether (sulfide) groups is 1. The zero-order valence-electron chi connectivity index (χ0n) is 14.6. The van der Waals surface area contributed by atoms with Crippen molar-refractivity contribution in [1.82, 2.24) is 4.90 Å². The summed E-state index contributed by atoms with van der Waals surface area (Å²) in [5.74, 6) is 0.420. The molecular formula is C19H21N3O3S. The Labute approximate surface area is 156 Å². The fourth-order valence-electron chi connectivity index (χ4n) is 3.57. The fourth-order valence-corrected chi connectivity index (χ4v) is 4.54. The zero-order valence-corrected chi connectivity index (χ0v) is 15.4. The molecular weight excluding hydrogens is 350 g/mol. The van der Waals surface area contributed by atoms with Gasteiger partial charge in [0.15, 0.2) is 5.17 Å². The average molecular weight is 371 g/mol. The summed E-state index contributed by atoms with van der Waals surface area (Å²) in [7, 11) is 0. The molecule has 4 rings (SSSR count). The van der Waals surface area contributed by atoms with Crippen molar-refractivity contribution in [3.8, 4) is 5.75 Å². The molecule has 136 valence electrons. The third-order valence-electron chi connectivity index (χ3n) is 4.99. The number of hydrogen-bond donors (Lipinski definition) is 1. The molecule has 0 spiro atoms. The van der Waals surface area contributed by atoms with Crippen molar-refractivity contribution >= 4 is 34.8 Å². The molecule has 26 heavy (non-hydrogen) atoms. The maximum Gasteiger partial charge on any atom is 0.286 e. The average Bonchev–Trinajstić information content (AvgIpc) is 3.16. The number of piperidine rings is 1. The van der Waals surface area contributed by atoms with Gasteiger partial charge in [0.2, 0.25) is 5.91 Å². The second-order valence-corrected chi connectivity index (χ2v) is 7.98. The van der Waals surface area contributed by atoms with E-state index in [1.807, 2.05) is 18.2 Å². The largest absolute Gasteiger partial charge is 0.490 e. The Morgan fingerprint density at radius 1 is 1.38 bits per heavy atom. The van der Waals surface area contributed by atoms with E-state index in [9.17, 15) is 9.59 Å². The van der Waals surface area contributed by atoms with Crippen LogP contribution >= 0.6 is 11.8 Å². The van der Waals surface area contributed by atoms with Crippen molar-refractivity contribution in [2.24, 2.45) is 16.6 Å². The molecule has 1 atom stereocenters. The highest BCUT2D eigenvalue weighted by molar-refractivity contribution is 8.18. The van der Waals surface area contributed by atoms with E-state index in [2.05, 4.69) is 22.9 Å². The summed E-state index contributed by atoms with van der Waals surface area (Å²) >= 11 is 1.40. The van der Waals surface area contributed by atoms with Crippen LogP contribution in [0.25, 0.3) is 6.08 Å². The van der Waals surface area contributed by atoms with Gasteiger partial charge in [-0.1, -0.05) is 6.07 Å². The van der Waals surface area contributed by atoms with E-state index in [4.69, 9.17) is 10.5 Å². The molecule has 7 heteroatoms. The van der Waals surface area contributed by atoms with Crippen LogP contribution in [-0.4, -0.2) is 41.1 Å². The van der Waals surface area contributed by atoms with E-state index in [1.165, 1.54) is 17.3 Å². The van der Waals surface area contributed by atoms with Gasteiger partial charge in [-0.3, -0.25) is 9.59 Å². The standard InChI is InChI=1S/C19H21N3O3S/c1-11-8-14-9-12(2-3-15(14)25-11)10-16-18(24)21-19(26-16)22-6-4-13(5-7-22)17(20)23/h2-3,9-11,13H,4-8H2,1H3,(H2,20,23)/b16-10-/t11-/m0/s1. The zero-order chi connectivity index (χ0) is 18.3. The summed E-state index contributed by atoms with van der Waals surface area (Å²) in [6.07, 6.45) is 4.41. The van der Waals surface area contributed by atoms with Crippen LogP contribution in [0, 0.1) is 5.92 Å². The van der Waals surface area contributed by atoms with Crippen LogP contribution in [0.1, 0.15) is 30.9 Å². The maximum atomic E-state index is 12.3. The Morgan fingerprint density at radius 3 is 2.88 bits per heavy atom. The van der Waals surface area contributed by atoms with E-state index in [-0.39, 0.29) is 23.8 Å². The number of aliphatic imine (C=N–C) groups is 1. The first-order valence-electron chi connectivity index (χ1n) is 8.86. The Hall–Kier alpha value is -2.28. The molecule has 3 aliphatic rings. The monoisotopic (exact) mass is 371 g/mol. The van der Waals surface area contributed by atoms with Gasteiger partial charge < -0.3 is 15.4 Å². The molecule has 1 saturated heterocycles. The Kier molecular flexibility index (Phi) is 4.48. The number of carbonyl (C=O) groups is 2. The Bertz CT molecular complexity index is 825. The molecule has 0 aromatic heterocycles. The van der Waals surface area contributed by atoms with Gasteiger partial charge in [-0.15, -0.1) is 0 Å². The number of likely N-dealkylation sites (tertiary alicyclic amines) is 1. The number of nitrogens with two attached hydrogens (primary N) is 1. The van der Waals surface area contributed by atoms with Crippen molar-refractivity contribution in [2.45, 2.75) is 32.3 Å². The molecule has 0 bridgehead atoms. The number of primary amides is 1. The Morgan fingerprint density at radius 2 is 2.15 bits per heavy atom. The number of fused-ring (bicyclic) bond motifs is 1. The Balaban J connectivity index is 1.44. The number of amidine groups is 1. The molecule has 6 nitrogen and oxygen atoms in total. The summed E-state index contributed by atoms with van der Waals surface area (Å²) in [5, 5.41) is 0.724. The second kappa shape index (κ2) is 6.79. The summed E-state index contributed by atoms with van der Waals surface area (Å²) in [6, 6.07) is 6.01. The van der Waals surface area contributed by atoms with Crippen LogP contribution < -0.4 is 10.5 Å². The normalized spacial score (nSPS) is 24.6. The summed E-state index contributed by atoms with van der Waals surface area (Å²) < 4.78 is 5.72. The van der Waals surface area contributed by atoms with Crippen molar-refractivity contribution < 1.29 is 14.3 Å². The fraction of sp³-hybridized carbons (Fsp3) is 0.421. The lowest BCUT2D eigenvalue weighted by atomic mass is 9.97. The number of amides is 2. The van der Waals surface area contributed by atoms with Gasteiger partial charge in [0.25, 0.3) is 5.91 Å². The van der Waals surface area contributed by atoms with Crippen LogP contribution in [0.2, 0.25) is 0 Å². The number of nitrogens with zero attached hydrogens (tertiary/aromatic N) is 2. The molecule has 0 radical (unpaired) electrons. The maximum absolute atomic E-state index is 12.3. The minimum absolute atomic E-state index is 0.0695. The third-order valence-corrected chi connectivity index (χ3v) is 6.04.